The Kier molecular flexibility index (Phi) is 7.08. The molecule has 190 valence electrons. The van der Waals surface area contributed by atoms with Gasteiger partial charge in [-0.3, -0.25) is 0 Å². The van der Waals surface area contributed by atoms with E-state index in [4.69, 9.17) is 5.73 Å². The largest absolute Gasteiger partial charge is 0.369 e. The number of benzene rings is 2. The molecule has 0 bridgehead atoms. The first-order chi connectivity index (χ1) is 17.4. The van der Waals surface area contributed by atoms with Gasteiger partial charge in [0, 0.05) is 49.3 Å². The monoisotopic (exact) mass is 507 g/mol. The summed E-state index contributed by atoms with van der Waals surface area (Å²) in [6, 6.07) is 15.3. The van der Waals surface area contributed by atoms with Crippen molar-refractivity contribution >= 4 is 33.0 Å². The topological polar surface area (TPSA) is 116 Å². The van der Waals surface area contributed by atoms with Crippen LogP contribution in [0.5, 0.6) is 0 Å². The fraction of sp³-hybridized carbons (Fsp3) is 0.385. The SMILES string of the molecule is CN1CCN(c2ccc(-c3cnc(N)nc3Nc3cccc(S(=O)(=O)C4CCNCC4)c3)cc2)CC1. The summed E-state index contributed by atoms with van der Waals surface area (Å²) in [5.74, 6) is 0.681. The molecule has 3 heterocycles. The Hall–Kier alpha value is -3.21. The molecule has 0 amide bonds. The van der Waals surface area contributed by atoms with Crippen LogP contribution in [0.3, 0.4) is 0 Å². The summed E-state index contributed by atoms with van der Waals surface area (Å²) in [6.07, 6.45) is 2.94. The second-order valence-electron chi connectivity index (χ2n) is 9.47. The predicted octanol–water partition coefficient (Wildman–Crippen LogP) is 2.75. The zero-order valence-corrected chi connectivity index (χ0v) is 21.3. The van der Waals surface area contributed by atoms with Crippen molar-refractivity contribution in [2.24, 2.45) is 0 Å². The van der Waals surface area contributed by atoms with Crippen LogP contribution in [0.15, 0.2) is 59.6 Å². The Labute approximate surface area is 212 Å². The lowest BCUT2D eigenvalue weighted by molar-refractivity contribution is 0.313. The van der Waals surface area contributed by atoms with Crippen LogP contribution >= 0.6 is 0 Å². The maximum absolute atomic E-state index is 13.2. The average Bonchev–Trinajstić information content (AvgIpc) is 2.90. The van der Waals surface area contributed by atoms with Crippen LogP contribution in [0.1, 0.15) is 12.8 Å². The molecule has 1 aromatic heterocycles. The van der Waals surface area contributed by atoms with E-state index >= 15 is 0 Å². The molecule has 2 aliphatic heterocycles. The maximum atomic E-state index is 13.2. The summed E-state index contributed by atoms with van der Waals surface area (Å²) in [5, 5.41) is 6.15. The molecule has 36 heavy (non-hydrogen) atoms. The summed E-state index contributed by atoms with van der Waals surface area (Å²) < 4.78 is 26.4. The van der Waals surface area contributed by atoms with Crippen molar-refractivity contribution in [3.63, 3.8) is 0 Å². The number of sulfone groups is 1. The summed E-state index contributed by atoms with van der Waals surface area (Å²) in [6.45, 7) is 5.55. The van der Waals surface area contributed by atoms with Crippen molar-refractivity contribution in [3.8, 4) is 11.1 Å². The molecule has 0 unspecified atom stereocenters. The van der Waals surface area contributed by atoms with E-state index < -0.39 is 9.84 Å². The highest BCUT2D eigenvalue weighted by molar-refractivity contribution is 7.92. The molecule has 2 saturated heterocycles. The number of likely N-dealkylation sites (N-methyl/N-ethyl adjacent to an activating group) is 1. The fourth-order valence-corrected chi connectivity index (χ4v) is 6.60. The number of nitrogens with zero attached hydrogens (tertiary/aromatic N) is 4. The number of nitrogen functional groups attached to an aromatic ring is 1. The maximum Gasteiger partial charge on any atom is 0.221 e. The van der Waals surface area contributed by atoms with Gasteiger partial charge >= 0.3 is 0 Å². The first kappa shape index (κ1) is 24.5. The lowest BCUT2D eigenvalue weighted by Crippen LogP contribution is -2.44. The van der Waals surface area contributed by atoms with E-state index in [-0.39, 0.29) is 11.2 Å². The number of hydrogen-bond acceptors (Lipinski definition) is 9. The van der Waals surface area contributed by atoms with Gasteiger partial charge in [-0.15, -0.1) is 0 Å². The van der Waals surface area contributed by atoms with Crippen molar-refractivity contribution in [1.29, 1.82) is 0 Å². The molecular weight excluding hydrogens is 474 g/mol. The molecule has 2 aromatic carbocycles. The zero-order valence-electron chi connectivity index (χ0n) is 20.5. The van der Waals surface area contributed by atoms with Gasteiger partial charge in [-0.05, 0) is 68.9 Å². The number of anilines is 4. The number of rotatable bonds is 6. The normalized spacial score (nSPS) is 17.8. The first-order valence-corrected chi connectivity index (χ1v) is 13.9. The zero-order chi connectivity index (χ0) is 25.1. The number of nitrogens with one attached hydrogen (secondary N) is 2. The smallest absolute Gasteiger partial charge is 0.221 e. The molecule has 0 saturated carbocycles. The molecule has 2 fully saturated rings. The van der Waals surface area contributed by atoms with E-state index in [9.17, 15) is 8.42 Å². The quantitative estimate of drug-likeness (QED) is 0.463. The molecule has 2 aliphatic rings. The molecule has 0 atom stereocenters. The first-order valence-electron chi connectivity index (χ1n) is 12.4. The van der Waals surface area contributed by atoms with Gasteiger partial charge in [-0.1, -0.05) is 18.2 Å². The van der Waals surface area contributed by atoms with Crippen molar-refractivity contribution in [2.75, 3.05) is 62.3 Å². The number of aromatic nitrogens is 2. The van der Waals surface area contributed by atoms with Crippen molar-refractivity contribution in [2.45, 2.75) is 23.0 Å². The minimum absolute atomic E-state index is 0.147. The fourth-order valence-electron chi connectivity index (χ4n) is 4.80. The Morgan fingerprint density at radius 3 is 2.47 bits per heavy atom. The average molecular weight is 508 g/mol. The van der Waals surface area contributed by atoms with Crippen molar-refractivity contribution in [3.05, 3.63) is 54.7 Å². The molecule has 4 N–H and O–H groups in total. The molecule has 0 aliphatic carbocycles. The van der Waals surface area contributed by atoms with E-state index in [1.165, 1.54) is 5.69 Å². The molecular formula is C26H33N7O2S. The number of hydrogen-bond donors (Lipinski definition) is 3. The number of nitrogens with two attached hydrogens (primary N) is 1. The van der Waals surface area contributed by atoms with Gasteiger partial charge in [0.15, 0.2) is 9.84 Å². The van der Waals surface area contributed by atoms with Crippen LogP contribution in [0.25, 0.3) is 11.1 Å². The van der Waals surface area contributed by atoms with E-state index in [0.29, 0.717) is 29.2 Å². The van der Waals surface area contributed by atoms with Crippen LogP contribution < -0.4 is 21.3 Å². The molecule has 0 spiro atoms. The molecule has 5 rings (SSSR count). The van der Waals surface area contributed by atoms with Crippen LogP contribution in [0.2, 0.25) is 0 Å². The Bertz CT molecular complexity index is 1300. The predicted molar refractivity (Wildman–Crippen MR) is 144 cm³/mol. The number of piperidine rings is 1. The second-order valence-corrected chi connectivity index (χ2v) is 11.7. The molecule has 3 aromatic rings. The minimum atomic E-state index is -3.41. The van der Waals surface area contributed by atoms with Gasteiger partial charge in [0.2, 0.25) is 5.95 Å². The highest BCUT2D eigenvalue weighted by Crippen LogP contribution is 2.32. The minimum Gasteiger partial charge on any atom is -0.369 e. The Balaban J connectivity index is 1.39. The van der Waals surface area contributed by atoms with E-state index in [2.05, 4.69) is 61.7 Å². The van der Waals surface area contributed by atoms with Crippen LogP contribution in [0.4, 0.5) is 23.1 Å². The lowest BCUT2D eigenvalue weighted by Gasteiger charge is -2.34. The van der Waals surface area contributed by atoms with Gasteiger partial charge in [0.1, 0.15) is 5.82 Å². The van der Waals surface area contributed by atoms with Crippen LogP contribution in [0, 0.1) is 0 Å². The summed E-state index contributed by atoms with van der Waals surface area (Å²) in [5.41, 5.74) is 9.48. The third-order valence-electron chi connectivity index (χ3n) is 7.00. The summed E-state index contributed by atoms with van der Waals surface area (Å²) in [7, 11) is -1.26. The van der Waals surface area contributed by atoms with Gasteiger partial charge in [-0.2, -0.15) is 4.98 Å². The number of piperazine rings is 1. The molecule has 0 radical (unpaired) electrons. The van der Waals surface area contributed by atoms with Crippen molar-refractivity contribution in [1.82, 2.24) is 20.2 Å². The van der Waals surface area contributed by atoms with E-state index in [1.54, 1.807) is 24.4 Å². The van der Waals surface area contributed by atoms with Crippen LogP contribution in [-0.4, -0.2) is 74.9 Å². The van der Waals surface area contributed by atoms with Gasteiger partial charge in [0.05, 0.1) is 10.1 Å². The van der Waals surface area contributed by atoms with Gasteiger partial charge in [0.25, 0.3) is 0 Å². The molecule has 9 nitrogen and oxygen atoms in total. The van der Waals surface area contributed by atoms with E-state index in [1.807, 2.05) is 6.07 Å². The standard InChI is InChI=1S/C26H33N7O2S/c1-32-13-15-33(16-14-32)21-7-5-19(6-8-21)24-18-29-26(27)31-25(24)30-20-3-2-4-23(17-20)36(34,35)22-9-11-28-12-10-22/h2-8,17-18,22,28H,9-16H2,1H3,(H3,27,29,30,31). The van der Waals surface area contributed by atoms with Crippen LogP contribution in [-0.2, 0) is 9.84 Å². The Morgan fingerprint density at radius 1 is 1.03 bits per heavy atom. The third kappa shape index (κ3) is 5.30. The molecule has 10 heteroatoms. The lowest BCUT2D eigenvalue weighted by atomic mass is 10.1. The van der Waals surface area contributed by atoms with Gasteiger partial charge in [-0.25, -0.2) is 13.4 Å². The third-order valence-corrected chi connectivity index (χ3v) is 9.26. The van der Waals surface area contributed by atoms with Gasteiger partial charge < -0.3 is 26.2 Å². The highest BCUT2D eigenvalue weighted by Gasteiger charge is 2.29. The summed E-state index contributed by atoms with van der Waals surface area (Å²) >= 11 is 0. The summed E-state index contributed by atoms with van der Waals surface area (Å²) in [4.78, 5) is 13.7. The second kappa shape index (κ2) is 10.4. The Morgan fingerprint density at radius 2 is 1.75 bits per heavy atom. The van der Waals surface area contributed by atoms with E-state index in [0.717, 1.165) is 50.4 Å². The highest BCUT2D eigenvalue weighted by atomic mass is 32.2. The van der Waals surface area contributed by atoms with Crippen molar-refractivity contribution < 1.29 is 8.42 Å².